The zero-order valence-corrected chi connectivity index (χ0v) is 10.8. The number of phosphoric acid groups is 1. The first-order valence-corrected chi connectivity index (χ1v) is 6.26. The third kappa shape index (κ3) is 3.44. The van der Waals surface area contributed by atoms with Crippen LogP contribution in [0, 0.1) is 0 Å². The first-order chi connectivity index (χ1) is 7.91. The third-order valence-corrected chi connectivity index (χ3v) is 3.41. The van der Waals surface area contributed by atoms with Gasteiger partial charge in [0.15, 0.2) is 0 Å². The second-order valence-corrected chi connectivity index (χ2v) is 5.15. The Morgan fingerprint density at radius 2 is 1.94 bits per heavy atom. The van der Waals surface area contributed by atoms with Gasteiger partial charge in [-0.25, -0.2) is 4.57 Å². The molecule has 0 saturated heterocycles. The zero-order chi connectivity index (χ0) is 13.1. The molecule has 8 heteroatoms. The number of hydrogen-bond donors (Lipinski definition) is 1. The fourth-order valence-corrected chi connectivity index (χ4v) is 1.91. The van der Waals surface area contributed by atoms with Crippen molar-refractivity contribution in [3.63, 3.8) is 0 Å². The quantitative estimate of drug-likeness (QED) is 0.835. The Kier molecular flexibility index (Phi) is 4.54. The lowest BCUT2D eigenvalue weighted by Gasteiger charge is -2.15. The highest BCUT2D eigenvalue weighted by molar-refractivity contribution is 7.48. The van der Waals surface area contributed by atoms with Crippen LogP contribution in [0.5, 0.6) is 5.75 Å². The van der Waals surface area contributed by atoms with E-state index < -0.39 is 13.7 Å². The van der Waals surface area contributed by atoms with Crippen molar-refractivity contribution in [2.45, 2.75) is 0 Å². The Labute approximate surface area is 103 Å². The molecule has 0 spiro atoms. The van der Waals surface area contributed by atoms with E-state index in [0.717, 1.165) is 14.2 Å². The molecule has 2 N–H and O–H groups in total. The van der Waals surface area contributed by atoms with Gasteiger partial charge in [0, 0.05) is 19.2 Å². The number of halogens is 1. The number of rotatable bonds is 5. The van der Waals surface area contributed by atoms with Crippen LogP contribution >= 0.6 is 19.4 Å². The SMILES string of the molecule is COP(=O)(OC)Oc1ccc(Cl)cc1C(N)=O. The van der Waals surface area contributed by atoms with E-state index in [0.29, 0.717) is 5.02 Å². The van der Waals surface area contributed by atoms with E-state index in [9.17, 15) is 9.36 Å². The number of primary amides is 1. The van der Waals surface area contributed by atoms with Gasteiger partial charge in [0.05, 0.1) is 5.56 Å². The molecule has 0 aliphatic heterocycles. The van der Waals surface area contributed by atoms with Crippen molar-refractivity contribution >= 4 is 25.3 Å². The van der Waals surface area contributed by atoms with E-state index in [-0.39, 0.29) is 11.3 Å². The average molecular weight is 280 g/mol. The monoisotopic (exact) mass is 279 g/mol. The summed E-state index contributed by atoms with van der Waals surface area (Å²) in [5, 5.41) is 0.302. The van der Waals surface area contributed by atoms with Crippen LogP contribution < -0.4 is 10.3 Å². The molecule has 17 heavy (non-hydrogen) atoms. The molecule has 0 aliphatic carbocycles. The van der Waals surface area contributed by atoms with Gasteiger partial charge >= 0.3 is 7.82 Å². The molecule has 0 heterocycles. The second-order valence-electron chi connectivity index (χ2n) is 2.91. The normalized spacial score (nSPS) is 11.2. The van der Waals surface area contributed by atoms with Crippen LogP contribution in [-0.4, -0.2) is 20.1 Å². The summed E-state index contributed by atoms with van der Waals surface area (Å²) in [7, 11) is -1.42. The Hall–Kier alpha value is -1.07. The van der Waals surface area contributed by atoms with Crippen LogP contribution in [0.4, 0.5) is 0 Å². The van der Waals surface area contributed by atoms with Crippen LogP contribution in [0.2, 0.25) is 5.02 Å². The molecule has 0 aromatic heterocycles. The molecule has 1 rings (SSSR count). The fourth-order valence-electron chi connectivity index (χ4n) is 1.04. The molecule has 1 aromatic carbocycles. The highest BCUT2D eigenvalue weighted by Gasteiger charge is 2.26. The van der Waals surface area contributed by atoms with E-state index in [1.54, 1.807) is 0 Å². The summed E-state index contributed by atoms with van der Waals surface area (Å²) >= 11 is 5.70. The molecule has 0 unspecified atom stereocenters. The minimum atomic E-state index is -3.74. The van der Waals surface area contributed by atoms with Crippen LogP contribution in [0.1, 0.15) is 10.4 Å². The summed E-state index contributed by atoms with van der Waals surface area (Å²) in [6.45, 7) is 0. The number of carbonyl (C=O) groups excluding carboxylic acids is 1. The molecule has 6 nitrogen and oxygen atoms in total. The number of hydrogen-bond acceptors (Lipinski definition) is 5. The van der Waals surface area contributed by atoms with Gasteiger partial charge in [0.25, 0.3) is 5.91 Å². The van der Waals surface area contributed by atoms with Crippen molar-refractivity contribution in [3.8, 4) is 5.75 Å². The Bertz CT molecular complexity index is 470. The number of carbonyl (C=O) groups is 1. The van der Waals surface area contributed by atoms with Crippen molar-refractivity contribution in [2.24, 2.45) is 5.73 Å². The Morgan fingerprint density at radius 3 is 2.41 bits per heavy atom. The first kappa shape index (κ1) is 14.0. The van der Waals surface area contributed by atoms with Gasteiger partial charge in [-0.1, -0.05) is 11.6 Å². The molecule has 0 saturated carbocycles. The van der Waals surface area contributed by atoms with Gasteiger partial charge in [-0.3, -0.25) is 13.8 Å². The van der Waals surface area contributed by atoms with E-state index >= 15 is 0 Å². The number of benzene rings is 1. The van der Waals surface area contributed by atoms with E-state index in [1.165, 1.54) is 18.2 Å². The summed E-state index contributed by atoms with van der Waals surface area (Å²) < 4.78 is 25.9. The van der Waals surface area contributed by atoms with Crippen LogP contribution in [0.3, 0.4) is 0 Å². The average Bonchev–Trinajstić information content (AvgIpc) is 2.31. The van der Waals surface area contributed by atoms with Crippen LogP contribution in [0.15, 0.2) is 18.2 Å². The maximum Gasteiger partial charge on any atom is 0.529 e. The topological polar surface area (TPSA) is 87.8 Å². The van der Waals surface area contributed by atoms with Crippen LogP contribution in [-0.2, 0) is 13.6 Å². The van der Waals surface area contributed by atoms with Crippen molar-refractivity contribution in [3.05, 3.63) is 28.8 Å². The second kappa shape index (κ2) is 5.51. The summed E-state index contributed by atoms with van der Waals surface area (Å²) in [5.74, 6) is -0.782. The molecule has 1 aromatic rings. The summed E-state index contributed by atoms with van der Waals surface area (Å²) in [4.78, 5) is 11.1. The maximum atomic E-state index is 11.7. The molecular formula is C9H11ClNO5P. The standard InChI is InChI=1S/C9H11ClNO5P/c1-14-17(13,15-2)16-8-4-3-6(10)5-7(8)9(11)12/h3-5H,1-2H3,(H2,11,12). The molecule has 0 aliphatic rings. The molecule has 1 amide bonds. The predicted octanol–water partition coefficient (Wildman–Crippen LogP) is 2.22. The number of amides is 1. The minimum Gasteiger partial charge on any atom is -0.403 e. The largest absolute Gasteiger partial charge is 0.529 e. The van der Waals surface area contributed by atoms with Crippen molar-refractivity contribution in [2.75, 3.05) is 14.2 Å². The van der Waals surface area contributed by atoms with E-state index in [1.807, 2.05) is 0 Å². The molecule has 0 fully saturated rings. The van der Waals surface area contributed by atoms with Gasteiger partial charge in [0.1, 0.15) is 5.75 Å². The number of nitrogens with two attached hydrogens (primary N) is 1. The summed E-state index contributed by atoms with van der Waals surface area (Å²) in [6.07, 6.45) is 0. The first-order valence-electron chi connectivity index (χ1n) is 4.42. The zero-order valence-electron chi connectivity index (χ0n) is 9.18. The third-order valence-electron chi connectivity index (χ3n) is 1.86. The van der Waals surface area contributed by atoms with Gasteiger partial charge in [-0.15, -0.1) is 0 Å². The Morgan fingerprint density at radius 1 is 1.35 bits per heavy atom. The van der Waals surface area contributed by atoms with Gasteiger partial charge < -0.3 is 10.3 Å². The molecule has 94 valence electrons. The Balaban J connectivity index is 3.14. The highest BCUT2D eigenvalue weighted by atomic mass is 35.5. The highest BCUT2D eigenvalue weighted by Crippen LogP contribution is 2.48. The maximum absolute atomic E-state index is 11.7. The van der Waals surface area contributed by atoms with Crippen molar-refractivity contribution in [1.82, 2.24) is 0 Å². The van der Waals surface area contributed by atoms with Crippen LogP contribution in [0.25, 0.3) is 0 Å². The smallest absolute Gasteiger partial charge is 0.403 e. The molecule has 0 radical (unpaired) electrons. The van der Waals surface area contributed by atoms with Gasteiger partial charge in [-0.05, 0) is 18.2 Å². The summed E-state index contributed by atoms with van der Waals surface area (Å²) in [6, 6.07) is 4.11. The van der Waals surface area contributed by atoms with Crippen molar-refractivity contribution in [1.29, 1.82) is 0 Å². The summed E-state index contributed by atoms with van der Waals surface area (Å²) in [5.41, 5.74) is 5.13. The lowest BCUT2D eigenvalue weighted by Crippen LogP contribution is -2.13. The molecule has 0 bridgehead atoms. The predicted molar refractivity (Wildman–Crippen MR) is 62.2 cm³/mol. The molecular weight excluding hydrogens is 269 g/mol. The fraction of sp³-hybridized carbons (Fsp3) is 0.222. The van der Waals surface area contributed by atoms with Gasteiger partial charge in [-0.2, -0.15) is 0 Å². The van der Waals surface area contributed by atoms with Crippen molar-refractivity contribution < 1.29 is 22.9 Å². The lowest BCUT2D eigenvalue weighted by atomic mass is 10.2. The number of phosphoric ester groups is 1. The lowest BCUT2D eigenvalue weighted by molar-refractivity contribution is 0.0998. The van der Waals surface area contributed by atoms with Gasteiger partial charge in [0.2, 0.25) is 0 Å². The molecule has 0 atom stereocenters. The van der Waals surface area contributed by atoms with E-state index in [4.69, 9.17) is 21.9 Å². The minimum absolute atomic E-state index is 0.00757. The van der Waals surface area contributed by atoms with E-state index in [2.05, 4.69) is 9.05 Å².